The molecule has 0 aromatic carbocycles. The highest BCUT2D eigenvalue weighted by molar-refractivity contribution is 7.80. The Morgan fingerprint density at radius 3 is 3.09 bits per heavy atom. The largest absolute Gasteiger partial charge is 0.376 e. The van der Waals surface area contributed by atoms with Gasteiger partial charge in [-0.2, -0.15) is 0 Å². The van der Waals surface area contributed by atoms with Gasteiger partial charge in [0.05, 0.1) is 24.5 Å². The van der Waals surface area contributed by atoms with Gasteiger partial charge in [-0.3, -0.25) is 4.98 Å². The second-order valence-corrected chi connectivity index (χ2v) is 6.69. The highest BCUT2D eigenvalue weighted by atomic mass is 32.1. The molecule has 1 aliphatic rings. The van der Waals surface area contributed by atoms with E-state index in [1.807, 2.05) is 12.1 Å². The summed E-state index contributed by atoms with van der Waals surface area (Å²) in [6.45, 7) is 2.49. The van der Waals surface area contributed by atoms with E-state index < -0.39 is 0 Å². The average molecular weight is 333 g/mol. The summed E-state index contributed by atoms with van der Waals surface area (Å²) >= 11 is 7.35. The number of nitrogens with one attached hydrogen (secondary N) is 1. The Morgan fingerprint density at radius 1 is 1.45 bits per heavy atom. The Kier molecular flexibility index (Phi) is 5.37. The fraction of sp³-hybridized carbons (Fsp3) is 0.375. The minimum absolute atomic E-state index is 0.272. The van der Waals surface area contributed by atoms with Gasteiger partial charge in [-0.05, 0) is 48.6 Å². The van der Waals surface area contributed by atoms with Crippen LogP contribution in [0, 0.1) is 0 Å². The van der Waals surface area contributed by atoms with Crippen molar-refractivity contribution in [3.8, 4) is 0 Å². The molecule has 4 nitrogen and oxygen atoms in total. The quantitative estimate of drug-likeness (QED) is 0.848. The maximum absolute atomic E-state index is 5.76. The van der Waals surface area contributed by atoms with E-state index in [4.69, 9.17) is 17.0 Å². The molecule has 1 atom stereocenters. The molecule has 22 heavy (non-hydrogen) atoms. The van der Waals surface area contributed by atoms with Gasteiger partial charge in [-0.15, -0.1) is 11.3 Å². The van der Waals surface area contributed by atoms with Crippen molar-refractivity contribution in [2.75, 3.05) is 18.5 Å². The molecule has 0 radical (unpaired) electrons. The Balaban J connectivity index is 1.67. The number of anilines is 1. The molecule has 0 bridgehead atoms. The van der Waals surface area contributed by atoms with Gasteiger partial charge < -0.3 is 15.0 Å². The second kappa shape index (κ2) is 7.67. The molecule has 0 aliphatic carbocycles. The summed E-state index contributed by atoms with van der Waals surface area (Å²) in [4.78, 5) is 7.60. The summed E-state index contributed by atoms with van der Waals surface area (Å²) in [6.07, 6.45) is 6.05. The fourth-order valence-corrected chi connectivity index (χ4v) is 3.46. The molecule has 2 aromatic rings. The first kappa shape index (κ1) is 15.4. The third-order valence-electron chi connectivity index (χ3n) is 3.57. The molecule has 0 spiro atoms. The van der Waals surface area contributed by atoms with E-state index in [0.29, 0.717) is 0 Å². The molecular weight excluding hydrogens is 314 g/mol. The first-order valence-corrected chi connectivity index (χ1v) is 8.70. The van der Waals surface area contributed by atoms with Crippen LogP contribution in [-0.4, -0.2) is 34.3 Å². The van der Waals surface area contributed by atoms with Gasteiger partial charge in [0.25, 0.3) is 0 Å². The average Bonchev–Trinajstić information content (AvgIpc) is 3.21. The van der Waals surface area contributed by atoms with Gasteiger partial charge in [0, 0.05) is 24.2 Å². The van der Waals surface area contributed by atoms with E-state index in [2.05, 4.69) is 32.7 Å². The standard InChI is InChI=1S/C16H19N3OS2/c21-16(18-13-4-1-7-17-10-13)19(11-14-5-2-8-20-14)12-15-6-3-9-22-15/h1,3-4,6-7,9-10,14H,2,5,8,11-12H2,(H,18,21). The lowest BCUT2D eigenvalue weighted by Crippen LogP contribution is -2.39. The van der Waals surface area contributed by atoms with Crippen LogP contribution in [0.15, 0.2) is 42.0 Å². The molecule has 1 fully saturated rings. The van der Waals surface area contributed by atoms with Gasteiger partial charge in [-0.1, -0.05) is 6.07 Å². The van der Waals surface area contributed by atoms with Crippen LogP contribution in [0.5, 0.6) is 0 Å². The zero-order chi connectivity index (χ0) is 15.2. The van der Waals surface area contributed by atoms with Crippen molar-refractivity contribution in [2.45, 2.75) is 25.5 Å². The van der Waals surface area contributed by atoms with Crippen LogP contribution in [0.3, 0.4) is 0 Å². The van der Waals surface area contributed by atoms with Gasteiger partial charge in [-0.25, -0.2) is 0 Å². The Morgan fingerprint density at radius 2 is 2.41 bits per heavy atom. The molecular formula is C16H19N3OS2. The summed E-state index contributed by atoms with van der Waals surface area (Å²) in [6, 6.07) is 8.07. The number of ether oxygens (including phenoxy) is 1. The minimum atomic E-state index is 0.272. The monoisotopic (exact) mass is 333 g/mol. The SMILES string of the molecule is S=C(Nc1cccnc1)N(Cc1cccs1)CC1CCCO1. The van der Waals surface area contributed by atoms with Gasteiger partial charge in [0.15, 0.2) is 5.11 Å². The summed E-state index contributed by atoms with van der Waals surface area (Å²) in [5.41, 5.74) is 0.913. The number of nitrogens with zero attached hydrogens (tertiary/aromatic N) is 2. The molecule has 0 amide bonds. The summed E-state index contributed by atoms with van der Waals surface area (Å²) in [7, 11) is 0. The molecule has 6 heteroatoms. The zero-order valence-corrected chi connectivity index (χ0v) is 13.9. The van der Waals surface area contributed by atoms with E-state index in [9.17, 15) is 0 Å². The van der Waals surface area contributed by atoms with Crippen molar-refractivity contribution < 1.29 is 4.74 Å². The predicted molar refractivity (Wildman–Crippen MR) is 94.2 cm³/mol. The van der Waals surface area contributed by atoms with Crippen molar-refractivity contribution in [3.63, 3.8) is 0 Å². The number of hydrogen-bond acceptors (Lipinski definition) is 4. The van der Waals surface area contributed by atoms with Crippen LogP contribution in [0.25, 0.3) is 0 Å². The van der Waals surface area contributed by atoms with Crippen LogP contribution in [0.1, 0.15) is 17.7 Å². The van der Waals surface area contributed by atoms with Crippen LogP contribution in [0.2, 0.25) is 0 Å². The Labute approximate surface area is 140 Å². The first-order chi connectivity index (χ1) is 10.8. The van der Waals surface area contributed by atoms with Gasteiger partial charge in [0.2, 0.25) is 0 Å². The normalized spacial score (nSPS) is 17.4. The maximum Gasteiger partial charge on any atom is 0.173 e. The predicted octanol–water partition coefficient (Wildman–Crippen LogP) is 3.52. The van der Waals surface area contributed by atoms with Crippen molar-refractivity contribution in [1.29, 1.82) is 0 Å². The van der Waals surface area contributed by atoms with Crippen molar-refractivity contribution >= 4 is 34.4 Å². The summed E-state index contributed by atoms with van der Waals surface area (Å²) < 4.78 is 5.76. The van der Waals surface area contributed by atoms with E-state index >= 15 is 0 Å². The van der Waals surface area contributed by atoms with Crippen LogP contribution >= 0.6 is 23.6 Å². The fourth-order valence-electron chi connectivity index (χ4n) is 2.48. The number of rotatable bonds is 5. The van der Waals surface area contributed by atoms with Crippen LogP contribution in [-0.2, 0) is 11.3 Å². The molecule has 1 N–H and O–H groups in total. The minimum Gasteiger partial charge on any atom is -0.376 e. The first-order valence-electron chi connectivity index (χ1n) is 7.41. The molecule has 116 valence electrons. The maximum atomic E-state index is 5.76. The van der Waals surface area contributed by atoms with Crippen LogP contribution < -0.4 is 5.32 Å². The number of hydrogen-bond donors (Lipinski definition) is 1. The molecule has 1 aliphatic heterocycles. The number of thiocarbonyl (C=S) groups is 1. The van der Waals surface area contributed by atoms with Gasteiger partial charge in [0.1, 0.15) is 0 Å². The second-order valence-electron chi connectivity index (χ2n) is 5.27. The highest BCUT2D eigenvalue weighted by Gasteiger charge is 2.21. The van der Waals surface area contributed by atoms with Crippen molar-refractivity contribution in [2.24, 2.45) is 0 Å². The van der Waals surface area contributed by atoms with Crippen LogP contribution in [0.4, 0.5) is 5.69 Å². The van der Waals surface area contributed by atoms with E-state index in [0.717, 1.165) is 43.3 Å². The number of thiophene rings is 1. The topological polar surface area (TPSA) is 37.4 Å². The van der Waals surface area contributed by atoms with E-state index in [1.54, 1.807) is 23.7 Å². The molecule has 0 saturated carbocycles. The lowest BCUT2D eigenvalue weighted by atomic mass is 10.2. The molecule has 1 unspecified atom stereocenters. The lowest BCUT2D eigenvalue weighted by molar-refractivity contribution is 0.0907. The lowest BCUT2D eigenvalue weighted by Gasteiger charge is -2.27. The third kappa shape index (κ3) is 4.25. The molecule has 2 aromatic heterocycles. The number of aromatic nitrogens is 1. The van der Waals surface area contributed by atoms with E-state index in [-0.39, 0.29) is 6.10 Å². The zero-order valence-electron chi connectivity index (χ0n) is 12.3. The van der Waals surface area contributed by atoms with E-state index in [1.165, 1.54) is 4.88 Å². The third-order valence-corrected chi connectivity index (χ3v) is 4.80. The Bertz CT molecular complexity index is 583. The molecule has 3 rings (SSSR count). The van der Waals surface area contributed by atoms with Crippen molar-refractivity contribution in [1.82, 2.24) is 9.88 Å². The summed E-state index contributed by atoms with van der Waals surface area (Å²) in [5, 5.41) is 6.09. The number of pyridine rings is 1. The molecule has 1 saturated heterocycles. The molecule has 3 heterocycles. The Hall–Kier alpha value is -1.50. The summed E-state index contributed by atoms with van der Waals surface area (Å²) in [5.74, 6) is 0. The van der Waals surface area contributed by atoms with Crippen molar-refractivity contribution in [3.05, 3.63) is 46.9 Å². The highest BCUT2D eigenvalue weighted by Crippen LogP contribution is 2.18. The van der Waals surface area contributed by atoms with Gasteiger partial charge >= 0.3 is 0 Å². The smallest absolute Gasteiger partial charge is 0.173 e.